The molecule has 2 aromatic carbocycles. The van der Waals surface area contributed by atoms with Crippen LogP contribution in [0.4, 0.5) is 0 Å². The van der Waals surface area contributed by atoms with E-state index in [1.807, 2.05) is 0 Å². The molecule has 0 aliphatic rings. The first-order valence-corrected chi connectivity index (χ1v) is 8.75. The van der Waals surface area contributed by atoms with Gasteiger partial charge in [-0.15, -0.1) is 0 Å². The van der Waals surface area contributed by atoms with E-state index in [-0.39, 0.29) is 0 Å². The molecular formula is C19H23BrO. The predicted octanol–water partition coefficient (Wildman–Crippen LogP) is 5.47. The Morgan fingerprint density at radius 3 is 2.24 bits per heavy atom. The fourth-order valence-electron chi connectivity index (χ4n) is 2.36. The second kappa shape index (κ2) is 8.89. The molecule has 0 radical (unpaired) electrons. The fourth-order valence-corrected chi connectivity index (χ4v) is 2.87. The van der Waals surface area contributed by atoms with Crippen LogP contribution in [0.15, 0.2) is 54.6 Å². The first-order chi connectivity index (χ1) is 10.3. The van der Waals surface area contributed by atoms with Gasteiger partial charge >= 0.3 is 0 Å². The minimum Gasteiger partial charge on any atom is -0.493 e. The topological polar surface area (TPSA) is 9.23 Å². The lowest BCUT2D eigenvalue weighted by atomic mass is 10.1. The molecule has 21 heavy (non-hydrogen) atoms. The predicted molar refractivity (Wildman–Crippen MR) is 93.4 cm³/mol. The lowest BCUT2D eigenvalue weighted by molar-refractivity contribution is 0.255. The van der Waals surface area contributed by atoms with Crippen LogP contribution in [0.1, 0.15) is 30.9 Å². The molecule has 0 aliphatic heterocycles. The Hall–Kier alpha value is -1.28. The number of halogens is 1. The molecule has 112 valence electrons. The van der Waals surface area contributed by atoms with Gasteiger partial charge in [0.15, 0.2) is 0 Å². The van der Waals surface area contributed by atoms with E-state index in [0.717, 1.165) is 24.1 Å². The summed E-state index contributed by atoms with van der Waals surface area (Å²) in [5.41, 5.74) is 2.66. The van der Waals surface area contributed by atoms with Crippen molar-refractivity contribution in [3.63, 3.8) is 0 Å². The number of ether oxygens (including phenoxy) is 1. The van der Waals surface area contributed by atoms with Gasteiger partial charge in [-0.1, -0.05) is 71.7 Å². The molecule has 0 amide bonds. The molecule has 0 bridgehead atoms. The van der Waals surface area contributed by atoms with Gasteiger partial charge in [0.2, 0.25) is 0 Å². The average molecular weight is 347 g/mol. The van der Waals surface area contributed by atoms with Crippen LogP contribution in [0, 0.1) is 5.92 Å². The molecule has 1 unspecified atom stereocenters. The smallest absolute Gasteiger partial charge is 0.119 e. The molecule has 0 aliphatic carbocycles. The normalized spacial score (nSPS) is 12.1. The van der Waals surface area contributed by atoms with Crippen LogP contribution in [-0.2, 0) is 6.42 Å². The van der Waals surface area contributed by atoms with Gasteiger partial charge in [0.1, 0.15) is 5.75 Å². The van der Waals surface area contributed by atoms with Crippen LogP contribution in [0.3, 0.4) is 0 Å². The highest BCUT2D eigenvalue weighted by molar-refractivity contribution is 9.09. The van der Waals surface area contributed by atoms with Gasteiger partial charge in [-0.3, -0.25) is 0 Å². The summed E-state index contributed by atoms with van der Waals surface area (Å²) in [5.74, 6) is 1.56. The summed E-state index contributed by atoms with van der Waals surface area (Å²) in [6.45, 7) is 3.01. The molecule has 0 saturated carbocycles. The number of rotatable bonds is 8. The number of hydrogen-bond donors (Lipinski definition) is 0. The van der Waals surface area contributed by atoms with E-state index < -0.39 is 0 Å². The molecule has 0 spiro atoms. The van der Waals surface area contributed by atoms with Crippen LogP contribution in [-0.4, -0.2) is 11.9 Å². The van der Waals surface area contributed by atoms with Crippen molar-refractivity contribution >= 4 is 15.9 Å². The Morgan fingerprint density at radius 2 is 1.62 bits per heavy atom. The van der Waals surface area contributed by atoms with E-state index in [4.69, 9.17) is 4.74 Å². The molecule has 1 atom stereocenters. The largest absolute Gasteiger partial charge is 0.493 e. The highest BCUT2D eigenvalue weighted by Gasteiger charge is 2.07. The van der Waals surface area contributed by atoms with E-state index in [1.54, 1.807) is 0 Å². The van der Waals surface area contributed by atoms with E-state index in [1.165, 1.54) is 24.0 Å². The summed E-state index contributed by atoms with van der Waals surface area (Å²) in [5, 5.41) is 1.01. The van der Waals surface area contributed by atoms with Gasteiger partial charge in [-0.05, 0) is 36.1 Å². The van der Waals surface area contributed by atoms with Crippen molar-refractivity contribution in [3.05, 3.63) is 65.7 Å². The van der Waals surface area contributed by atoms with E-state index in [2.05, 4.69) is 77.5 Å². The molecule has 1 nitrogen and oxygen atoms in total. The monoisotopic (exact) mass is 346 g/mol. The molecule has 0 fully saturated rings. The summed E-state index contributed by atoms with van der Waals surface area (Å²) < 4.78 is 5.89. The quantitative estimate of drug-likeness (QED) is 0.576. The molecule has 0 aromatic heterocycles. The summed E-state index contributed by atoms with van der Waals surface area (Å²) in [6.07, 6.45) is 3.38. The summed E-state index contributed by atoms with van der Waals surface area (Å²) in [7, 11) is 0. The van der Waals surface area contributed by atoms with Crippen LogP contribution >= 0.6 is 15.9 Å². The third kappa shape index (κ3) is 5.55. The molecule has 0 heterocycles. The number of hydrogen-bond acceptors (Lipinski definition) is 1. The molecule has 2 aromatic rings. The van der Waals surface area contributed by atoms with E-state index in [0.29, 0.717) is 5.92 Å². The van der Waals surface area contributed by atoms with Crippen LogP contribution < -0.4 is 4.74 Å². The zero-order valence-electron chi connectivity index (χ0n) is 12.6. The molecule has 0 saturated heterocycles. The Balaban J connectivity index is 1.87. The standard InChI is InChI=1S/C19H23BrO/c1-2-6-18(14-20)15-21-19-11-9-17(10-12-19)13-16-7-4-3-5-8-16/h3-5,7-12,18H,2,6,13-15H2,1H3. The Morgan fingerprint density at radius 1 is 0.952 bits per heavy atom. The summed E-state index contributed by atoms with van der Waals surface area (Å²) in [6, 6.07) is 19.0. The zero-order valence-corrected chi connectivity index (χ0v) is 14.2. The van der Waals surface area contributed by atoms with Gasteiger partial charge in [0, 0.05) is 11.2 Å². The maximum Gasteiger partial charge on any atom is 0.119 e. The SMILES string of the molecule is CCCC(CBr)COc1ccc(Cc2ccccc2)cc1. The molecule has 0 N–H and O–H groups in total. The average Bonchev–Trinajstić information content (AvgIpc) is 2.54. The van der Waals surface area contributed by atoms with Gasteiger partial charge < -0.3 is 4.74 Å². The van der Waals surface area contributed by atoms with Crippen LogP contribution in [0.25, 0.3) is 0 Å². The number of alkyl halides is 1. The summed E-state index contributed by atoms with van der Waals surface area (Å²) in [4.78, 5) is 0. The van der Waals surface area contributed by atoms with Crippen molar-refractivity contribution in [2.45, 2.75) is 26.2 Å². The fraction of sp³-hybridized carbons (Fsp3) is 0.368. The molecule has 2 heteroatoms. The minimum absolute atomic E-state index is 0.596. The Labute approximate surface area is 136 Å². The molecular weight excluding hydrogens is 324 g/mol. The van der Waals surface area contributed by atoms with Crippen LogP contribution in [0.2, 0.25) is 0 Å². The van der Waals surface area contributed by atoms with Crippen molar-refractivity contribution in [1.82, 2.24) is 0 Å². The van der Waals surface area contributed by atoms with Crippen LogP contribution in [0.5, 0.6) is 5.75 Å². The Bertz CT molecular complexity index is 507. The maximum absolute atomic E-state index is 5.89. The first-order valence-electron chi connectivity index (χ1n) is 7.63. The van der Waals surface area contributed by atoms with Crippen molar-refractivity contribution < 1.29 is 4.74 Å². The first kappa shape index (κ1) is 16.1. The second-order valence-electron chi connectivity index (χ2n) is 5.43. The van der Waals surface area contributed by atoms with Crippen molar-refractivity contribution in [3.8, 4) is 5.75 Å². The van der Waals surface area contributed by atoms with Crippen molar-refractivity contribution in [2.75, 3.05) is 11.9 Å². The third-order valence-corrected chi connectivity index (χ3v) is 4.49. The van der Waals surface area contributed by atoms with Crippen molar-refractivity contribution in [2.24, 2.45) is 5.92 Å². The maximum atomic E-state index is 5.89. The highest BCUT2D eigenvalue weighted by atomic mass is 79.9. The van der Waals surface area contributed by atoms with Gasteiger partial charge in [-0.2, -0.15) is 0 Å². The van der Waals surface area contributed by atoms with Gasteiger partial charge in [0.05, 0.1) is 6.61 Å². The lowest BCUT2D eigenvalue weighted by Gasteiger charge is -2.14. The number of benzene rings is 2. The minimum atomic E-state index is 0.596. The lowest BCUT2D eigenvalue weighted by Crippen LogP contribution is -2.13. The van der Waals surface area contributed by atoms with E-state index in [9.17, 15) is 0 Å². The second-order valence-corrected chi connectivity index (χ2v) is 6.07. The zero-order chi connectivity index (χ0) is 14.9. The Kier molecular flexibility index (Phi) is 6.81. The van der Waals surface area contributed by atoms with Crippen molar-refractivity contribution in [1.29, 1.82) is 0 Å². The van der Waals surface area contributed by atoms with Gasteiger partial charge in [0.25, 0.3) is 0 Å². The summed E-state index contributed by atoms with van der Waals surface area (Å²) >= 11 is 3.56. The van der Waals surface area contributed by atoms with E-state index >= 15 is 0 Å². The molecule has 2 rings (SSSR count). The third-order valence-electron chi connectivity index (χ3n) is 3.58. The highest BCUT2D eigenvalue weighted by Crippen LogP contribution is 2.17. The van der Waals surface area contributed by atoms with Gasteiger partial charge in [-0.25, -0.2) is 0 Å².